The molecule has 0 heterocycles. The molecule has 0 saturated heterocycles. The highest BCUT2D eigenvalue weighted by Gasteiger charge is 2.97. The molecule has 4 rings (SSSR count). The van der Waals surface area contributed by atoms with E-state index < -0.39 is 0 Å². The smallest absolute Gasteiger partial charge is 0.0139 e. The summed E-state index contributed by atoms with van der Waals surface area (Å²) in [6, 6.07) is 0. The van der Waals surface area contributed by atoms with Crippen LogP contribution in [0.15, 0.2) is 0 Å². The van der Waals surface area contributed by atoms with Crippen molar-refractivity contribution >= 4 is 0 Å². The molecule has 4 saturated carbocycles. The lowest BCUT2D eigenvalue weighted by molar-refractivity contribution is -0.0229. The van der Waals surface area contributed by atoms with Crippen LogP contribution in [0.25, 0.3) is 0 Å². The minimum absolute atomic E-state index is 0.809. The fourth-order valence-electron chi connectivity index (χ4n) is 8.15. The zero-order valence-corrected chi connectivity index (χ0v) is 12.3. The Kier molecular flexibility index (Phi) is 1.68. The van der Waals surface area contributed by atoms with E-state index in [1.807, 2.05) is 0 Å². The molecule has 9 unspecified atom stereocenters. The second kappa shape index (κ2) is 2.63. The SMILES string of the molecule is CC(C)C1C(C)C23C(C)C(C)C4CC(C)C42C13. The third-order valence-corrected chi connectivity index (χ3v) is 8.39. The van der Waals surface area contributed by atoms with Crippen molar-refractivity contribution in [1.82, 2.24) is 0 Å². The molecule has 0 nitrogen and oxygen atoms in total. The number of hydrogen-bond donors (Lipinski definition) is 0. The third-order valence-electron chi connectivity index (χ3n) is 8.39. The van der Waals surface area contributed by atoms with Gasteiger partial charge in [0.15, 0.2) is 0 Å². The lowest BCUT2D eigenvalue weighted by atomic mass is 9.55. The lowest BCUT2D eigenvalue weighted by Crippen LogP contribution is -2.45. The van der Waals surface area contributed by atoms with Gasteiger partial charge in [-0.25, -0.2) is 0 Å². The Bertz CT molecular complexity index is 371. The van der Waals surface area contributed by atoms with Gasteiger partial charge in [-0.2, -0.15) is 0 Å². The molecule has 0 aromatic heterocycles. The van der Waals surface area contributed by atoms with Gasteiger partial charge in [-0.3, -0.25) is 0 Å². The van der Waals surface area contributed by atoms with Crippen LogP contribution in [0.5, 0.6) is 0 Å². The maximum Gasteiger partial charge on any atom is -0.0139 e. The summed E-state index contributed by atoms with van der Waals surface area (Å²) in [5.41, 5.74) is 1.64. The van der Waals surface area contributed by atoms with E-state index in [-0.39, 0.29) is 0 Å². The average Bonchev–Trinajstić information content (AvgIpc) is 2.79. The summed E-state index contributed by atoms with van der Waals surface area (Å²) in [5, 5.41) is 0. The molecule has 0 amide bonds. The van der Waals surface area contributed by atoms with Gasteiger partial charge in [-0.15, -0.1) is 0 Å². The summed E-state index contributed by atoms with van der Waals surface area (Å²) >= 11 is 0. The van der Waals surface area contributed by atoms with Crippen molar-refractivity contribution in [1.29, 1.82) is 0 Å². The van der Waals surface area contributed by atoms with Gasteiger partial charge >= 0.3 is 0 Å². The van der Waals surface area contributed by atoms with E-state index in [0.29, 0.717) is 0 Å². The Morgan fingerprint density at radius 2 is 1.59 bits per heavy atom. The molecule has 0 heteroatoms. The fraction of sp³-hybridized carbons (Fsp3) is 1.00. The highest BCUT2D eigenvalue weighted by molar-refractivity contribution is 5.43. The minimum Gasteiger partial charge on any atom is -0.0625 e. The van der Waals surface area contributed by atoms with Crippen molar-refractivity contribution < 1.29 is 0 Å². The van der Waals surface area contributed by atoms with Crippen LogP contribution in [0, 0.1) is 58.2 Å². The molecule has 0 aromatic carbocycles. The third kappa shape index (κ3) is 0.699. The van der Waals surface area contributed by atoms with Crippen LogP contribution < -0.4 is 0 Å². The largest absolute Gasteiger partial charge is 0.0625 e. The van der Waals surface area contributed by atoms with Crippen molar-refractivity contribution in [2.75, 3.05) is 0 Å². The molecule has 4 aliphatic carbocycles. The molecule has 0 aliphatic heterocycles. The second-order valence-electron chi connectivity index (χ2n) is 8.34. The highest BCUT2D eigenvalue weighted by atomic mass is 15.0. The molecule has 96 valence electrons. The van der Waals surface area contributed by atoms with E-state index in [1.165, 1.54) is 0 Å². The van der Waals surface area contributed by atoms with Gasteiger partial charge in [0.1, 0.15) is 0 Å². The van der Waals surface area contributed by atoms with Gasteiger partial charge in [0.05, 0.1) is 0 Å². The van der Waals surface area contributed by atoms with E-state index >= 15 is 0 Å². The van der Waals surface area contributed by atoms with Crippen LogP contribution in [0.4, 0.5) is 0 Å². The molecule has 0 radical (unpaired) electrons. The zero-order chi connectivity index (χ0) is 12.3. The summed E-state index contributed by atoms with van der Waals surface area (Å²) in [5.74, 6) is 8.26. The molecular weight excluding hydrogens is 204 g/mol. The van der Waals surface area contributed by atoms with E-state index in [9.17, 15) is 0 Å². The Labute approximate surface area is 107 Å². The van der Waals surface area contributed by atoms with E-state index in [1.54, 1.807) is 6.42 Å². The summed E-state index contributed by atoms with van der Waals surface area (Å²) < 4.78 is 0. The molecule has 0 N–H and O–H groups in total. The molecule has 17 heavy (non-hydrogen) atoms. The predicted octanol–water partition coefficient (Wildman–Crippen LogP) is 4.45. The number of rotatable bonds is 1. The first-order valence-corrected chi connectivity index (χ1v) is 7.93. The standard InChI is InChI=1S/C17H28/c1-8(2)14-12(6)17-11(5)10(4)13-7-9(3)16(13,17)15(14)17/h8-15H,7H2,1-6H3. The molecule has 0 aromatic rings. The van der Waals surface area contributed by atoms with Crippen molar-refractivity contribution in [3.63, 3.8) is 0 Å². The van der Waals surface area contributed by atoms with E-state index in [0.717, 1.165) is 58.2 Å². The predicted molar refractivity (Wildman–Crippen MR) is 71.4 cm³/mol. The highest BCUT2D eigenvalue weighted by Crippen LogP contribution is 3.00. The van der Waals surface area contributed by atoms with Crippen molar-refractivity contribution in [2.24, 2.45) is 58.2 Å². The van der Waals surface area contributed by atoms with E-state index in [2.05, 4.69) is 41.5 Å². The first kappa shape index (κ1) is 10.9. The first-order chi connectivity index (χ1) is 7.93. The van der Waals surface area contributed by atoms with Crippen LogP contribution >= 0.6 is 0 Å². The van der Waals surface area contributed by atoms with Gasteiger partial charge in [0.25, 0.3) is 0 Å². The van der Waals surface area contributed by atoms with Crippen LogP contribution in [-0.2, 0) is 0 Å². The summed E-state index contributed by atoms with van der Waals surface area (Å²) in [6.45, 7) is 15.2. The Hall–Kier alpha value is 0. The Morgan fingerprint density at radius 3 is 2.06 bits per heavy atom. The Balaban J connectivity index is 1.79. The van der Waals surface area contributed by atoms with Gasteiger partial charge in [-0.05, 0) is 64.6 Å². The summed E-state index contributed by atoms with van der Waals surface area (Å²) in [6.07, 6.45) is 1.54. The molecular formula is C17H28. The topological polar surface area (TPSA) is 0 Å². The maximum atomic E-state index is 2.59. The van der Waals surface area contributed by atoms with E-state index in [4.69, 9.17) is 0 Å². The maximum absolute atomic E-state index is 2.59. The molecule has 0 bridgehead atoms. The van der Waals surface area contributed by atoms with Crippen molar-refractivity contribution in [2.45, 2.75) is 48.0 Å². The van der Waals surface area contributed by atoms with Gasteiger partial charge in [0, 0.05) is 0 Å². The molecule has 4 fully saturated rings. The summed E-state index contributed by atoms with van der Waals surface area (Å²) in [7, 11) is 0. The van der Waals surface area contributed by atoms with Crippen molar-refractivity contribution in [3.05, 3.63) is 0 Å². The van der Waals surface area contributed by atoms with Crippen LogP contribution in [0.2, 0.25) is 0 Å². The molecule has 4 aliphatic rings. The minimum atomic E-state index is 0.809. The second-order valence-corrected chi connectivity index (χ2v) is 8.34. The van der Waals surface area contributed by atoms with Crippen LogP contribution in [0.1, 0.15) is 48.0 Å². The van der Waals surface area contributed by atoms with Gasteiger partial charge in [-0.1, -0.05) is 41.5 Å². The monoisotopic (exact) mass is 232 g/mol. The zero-order valence-electron chi connectivity index (χ0n) is 12.3. The normalized spacial score (nSPS) is 71.1. The van der Waals surface area contributed by atoms with Gasteiger partial charge in [0.2, 0.25) is 0 Å². The lowest BCUT2D eigenvalue weighted by Gasteiger charge is -2.50. The first-order valence-electron chi connectivity index (χ1n) is 7.93. The van der Waals surface area contributed by atoms with Crippen LogP contribution in [-0.4, -0.2) is 0 Å². The summed E-state index contributed by atoms with van der Waals surface area (Å²) in [4.78, 5) is 0. The molecule has 2 spiro atoms. The molecule has 9 atom stereocenters. The number of hydrogen-bond acceptors (Lipinski definition) is 0. The average molecular weight is 232 g/mol. The Morgan fingerprint density at radius 1 is 0.941 bits per heavy atom. The fourth-order valence-corrected chi connectivity index (χ4v) is 8.15. The van der Waals surface area contributed by atoms with Gasteiger partial charge < -0.3 is 0 Å². The quantitative estimate of drug-likeness (QED) is 0.626. The van der Waals surface area contributed by atoms with Crippen molar-refractivity contribution in [3.8, 4) is 0 Å². The van der Waals surface area contributed by atoms with Crippen LogP contribution in [0.3, 0.4) is 0 Å².